The summed E-state index contributed by atoms with van der Waals surface area (Å²) in [4.78, 5) is 7.09. The molecule has 21 heavy (non-hydrogen) atoms. The Labute approximate surface area is 127 Å². The predicted molar refractivity (Wildman–Crippen MR) is 88.3 cm³/mol. The number of hydrogen-bond acceptors (Lipinski definition) is 3. The third-order valence-electron chi connectivity index (χ3n) is 4.89. The summed E-state index contributed by atoms with van der Waals surface area (Å²) in [6.07, 6.45) is 2.58. The number of pyridine rings is 1. The predicted octanol–water partition coefficient (Wildman–Crippen LogP) is 3.42. The molecule has 0 radical (unpaired) electrons. The zero-order valence-corrected chi connectivity index (χ0v) is 13.3. The number of fused-ring (bicyclic) bond motifs is 1. The van der Waals surface area contributed by atoms with Crippen LogP contribution >= 0.6 is 0 Å². The van der Waals surface area contributed by atoms with Gasteiger partial charge in [0.05, 0.1) is 5.52 Å². The molecule has 0 saturated carbocycles. The molecule has 1 fully saturated rings. The molecule has 2 N–H and O–H groups in total. The molecule has 3 rings (SSSR count). The summed E-state index contributed by atoms with van der Waals surface area (Å²) in [6, 6.07) is 10.6. The smallest absolute Gasteiger partial charge is 0.0705 e. The van der Waals surface area contributed by atoms with Crippen molar-refractivity contribution in [1.29, 1.82) is 0 Å². The minimum absolute atomic E-state index is 0.0116. The summed E-state index contributed by atoms with van der Waals surface area (Å²) in [5.74, 6) is 0. The minimum Gasteiger partial charge on any atom is -0.322 e. The highest BCUT2D eigenvalue weighted by Crippen LogP contribution is 2.32. The van der Waals surface area contributed by atoms with Crippen LogP contribution < -0.4 is 5.73 Å². The fourth-order valence-electron chi connectivity index (χ4n) is 3.34. The van der Waals surface area contributed by atoms with Gasteiger partial charge in [0.25, 0.3) is 0 Å². The molecule has 1 unspecified atom stereocenters. The average molecular weight is 283 g/mol. The summed E-state index contributed by atoms with van der Waals surface area (Å²) < 4.78 is 0. The molecule has 1 aromatic heterocycles. The molecule has 2 aromatic rings. The first-order valence-corrected chi connectivity index (χ1v) is 7.86. The Balaban J connectivity index is 1.93. The molecule has 3 heteroatoms. The van der Waals surface area contributed by atoms with Crippen molar-refractivity contribution in [1.82, 2.24) is 9.88 Å². The third-order valence-corrected chi connectivity index (χ3v) is 4.89. The summed E-state index contributed by atoms with van der Waals surface area (Å²) in [5.41, 5.74) is 9.90. The van der Waals surface area contributed by atoms with Gasteiger partial charge < -0.3 is 5.73 Å². The Morgan fingerprint density at radius 3 is 2.57 bits per heavy atom. The van der Waals surface area contributed by atoms with Crippen LogP contribution in [0.15, 0.2) is 30.3 Å². The molecule has 1 atom stereocenters. The van der Waals surface area contributed by atoms with Crippen molar-refractivity contribution in [2.45, 2.75) is 45.2 Å². The molecular formula is C18H25N3. The van der Waals surface area contributed by atoms with Crippen LogP contribution in [0.3, 0.4) is 0 Å². The Bertz CT molecular complexity index is 642. The lowest BCUT2D eigenvalue weighted by Gasteiger charge is -2.40. The van der Waals surface area contributed by atoms with Gasteiger partial charge in [-0.15, -0.1) is 0 Å². The Hall–Kier alpha value is -1.45. The fraction of sp³-hybridized carbons (Fsp3) is 0.500. The molecule has 2 heterocycles. The van der Waals surface area contributed by atoms with E-state index in [1.54, 1.807) is 0 Å². The Kier molecular flexibility index (Phi) is 3.72. The van der Waals surface area contributed by atoms with Crippen molar-refractivity contribution in [2.75, 3.05) is 13.1 Å². The number of benzene rings is 1. The first-order chi connectivity index (χ1) is 9.98. The van der Waals surface area contributed by atoms with E-state index in [1.165, 1.54) is 23.8 Å². The lowest BCUT2D eigenvalue weighted by atomic mass is 9.87. The third kappa shape index (κ3) is 2.68. The van der Waals surface area contributed by atoms with Gasteiger partial charge in [0.2, 0.25) is 0 Å². The number of nitrogens with two attached hydrogens (primary N) is 1. The van der Waals surface area contributed by atoms with Crippen molar-refractivity contribution in [2.24, 2.45) is 5.73 Å². The van der Waals surface area contributed by atoms with Crippen LogP contribution in [0.5, 0.6) is 0 Å². The summed E-state index contributed by atoms with van der Waals surface area (Å²) in [5, 5.41) is 1.17. The highest BCUT2D eigenvalue weighted by atomic mass is 15.2. The average Bonchev–Trinajstić information content (AvgIpc) is 3.01. The molecule has 0 spiro atoms. The highest BCUT2D eigenvalue weighted by molar-refractivity contribution is 5.79. The molecule has 0 amide bonds. The van der Waals surface area contributed by atoms with Gasteiger partial charge in [-0.25, -0.2) is 0 Å². The van der Waals surface area contributed by atoms with Gasteiger partial charge in [-0.3, -0.25) is 9.88 Å². The van der Waals surface area contributed by atoms with Crippen molar-refractivity contribution < 1.29 is 0 Å². The molecule has 0 aliphatic carbocycles. The van der Waals surface area contributed by atoms with Crippen LogP contribution in [0.1, 0.15) is 44.0 Å². The fourth-order valence-corrected chi connectivity index (χ4v) is 3.34. The maximum atomic E-state index is 6.61. The van der Waals surface area contributed by atoms with Crippen molar-refractivity contribution in [3.8, 4) is 0 Å². The topological polar surface area (TPSA) is 42.1 Å². The molecule has 0 bridgehead atoms. The van der Waals surface area contributed by atoms with Gasteiger partial charge in [0.1, 0.15) is 0 Å². The molecule has 1 aliphatic rings. The van der Waals surface area contributed by atoms with E-state index in [9.17, 15) is 0 Å². The van der Waals surface area contributed by atoms with Crippen LogP contribution in [-0.4, -0.2) is 28.5 Å². The van der Waals surface area contributed by atoms with Crippen LogP contribution in [0, 0.1) is 6.92 Å². The van der Waals surface area contributed by atoms with Gasteiger partial charge >= 0.3 is 0 Å². The molecule has 1 saturated heterocycles. The number of aryl methyl sites for hydroxylation is 1. The lowest BCUT2D eigenvalue weighted by Crippen LogP contribution is -2.49. The minimum atomic E-state index is -0.0116. The van der Waals surface area contributed by atoms with Crippen LogP contribution in [-0.2, 0) is 0 Å². The second kappa shape index (κ2) is 5.39. The zero-order chi connectivity index (χ0) is 15.0. The first-order valence-electron chi connectivity index (χ1n) is 7.86. The van der Waals surface area contributed by atoms with E-state index in [1.807, 2.05) is 6.92 Å². The van der Waals surface area contributed by atoms with Gasteiger partial charge in [0, 0.05) is 22.7 Å². The normalized spacial score (nSPS) is 18.3. The second-order valence-corrected chi connectivity index (χ2v) is 6.73. The zero-order valence-electron chi connectivity index (χ0n) is 13.3. The molecule has 3 nitrogen and oxygen atoms in total. The SMILES string of the molecule is Cc1ccc2cc(C(N)C(C)(C)N3CCCC3)ccc2n1. The van der Waals surface area contributed by atoms with E-state index in [2.05, 4.69) is 54.1 Å². The highest BCUT2D eigenvalue weighted by Gasteiger charge is 2.35. The number of nitrogens with zero attached hydrogens (tertiary/aromatic N) is 2. The quantitative estimate of drug-likeness (QED) is 0.938. The van der Waals surface area contributed by atoms with Crippen molar-refractivity contribution in [3.05, 3.63) is 41.6 Å². The monoisotopic (exact) mass is 283 g/mol. The van der Waals surface area contributed by atoms with Gasteiger partial charge in [-0.2, -0.15) is 0 Å². The molecular weight excluding hydrogens is 258 g/mol. The Morgan fingerprint density at radius 2 is 1.86 bits per heavy atom. The van der Waals surface area contributed by atoms with Crippen LogP contribution in [0.4, 0.5) is 0 Å². The summed E-state index contributed by atoms with van der Waals surface area (Å²) in [7, 11) is 0. The summed E-state index contributed by atoms with van der Waals surface area (Å²) >= 11 is 0. The molecule has 112 valence electrons. The molecule has 1 aliphatic heterocycles. The summed E-state index contributed by atoms with van der Waals surface area (Å²) in [6.45, 7) is 8.88. The number of rotatable bonds is 3. The molecule has 1 aromatic carbocycles. The maximum Gasteiger partial charge on any atom is 0.0705 e. The second-order valence-electron chi connectivity index (χ2n) is 6.73. The van der Waals surface area contributed by atoms with E-state index in [4.69, 9.17) is 5.73 Å². The first kappa shape index (κ1) is 14.5. The number of aromatic nitrogens is 1. The van der Waals surface area contributed by atoms with E-state index in [-0.39, 0.29) is 11.6 Å². The number of hydrogen-bond donors (Lipinski definition) is 1. The van der Waals surface area contributed by atoms with E-state index in [0.29, 0.717) is 0 Å². The number of likely N-dealkylation sites (tertiary alicyclic amines) is 1. The van der Waals surface area contributed by atoms with Crippen LogP contribution in [0.25, 0.3) is 10.9 Å². The van der Waals surface area contributed by atoms with Crippen LogP contribution in [0.2, 0.25) is 0 Å². The standard InChI is InChI=1S/C18H25N3/c1-13-6-7-14-12-15(8-9-16(14)20-13)17(19)18(2,3)21-10-4-5-11-21/h6-9,12,17H,4-5,10-11,19H2,1-3H3. The van der Waals surface area contributed by atoms with Gasteiger partial charge in [-0.05, 0) is 70.5 Å². The van der Waals surface area contributed by atoms with Crippen molar-refractivity contribution in [3.63, 3.8) is 0 Å². The van der Waals surface area contributed by atoms with Gasteiger partial charge in [-0.1, -0.05) is 12.1 Å². The van der Waals surface area contributed by atoms with E-state index >= 15 is 0 Å². The van der Waals surface area contributed by atoms with E-state index in [0.717, 1.165) is 24.3 Å². The van der Waals surface area contributed by atoms with E-state index < -0.39 is 0 Å². The maximum absolute atomic E-state index is 6.61. The van der Waals surface area contributed by atoms with Crippen molar-refractivity contribution >= 4 is 10.9 Å². The lowest BCUT2D eigenvalue weighted by molar-refractivity contribution is 0.124. The largest absolute Gasteiger partial charge is 0.322 e. The van der Waals surface area contributed by atoms with Gasteiger partial charge in [0.15, 0.2) is 0 Å². The Morgan fingerprint density at radius 1 is 1.14 bits per heavy atom.